The normalized spacial score (nSPS) is 9.23. The van der Waals surface area contributed by atoms with E-state index < -0.39 is 5.97 Å². The Labute approximate surface area is 76.7 Å². The topological polar surface area (TPSA) is 51.4 Å². The van der Waals surface area contributed by atoms with Crippen LogP contribution in [0, 0.1) is 0 Å². The van der Waals surface area contributed by atoms with Gasteiger partial charge in [0.15, 0.2) is 0 Å². The van der Waals surface area contributed by atoms with Crippen LogP contribution in [0.1, 0.15) is 10.4 Å². The number of rotatable bonds is 4. The number of para-hydroxylation sites is 1. The highest BCUT2D eigenvalue weighted by Crippen LogP contribution is 2.14. The summed E-state index contributed by atoms with van der Waals surface area (Å²) in [6.45, 7) is 3.94. The Bertz CT molecular complexity index is 320. The fourth-order valence-corrected chi connectivity index (χ4v) is 0.955. The molecule has 0 aromatic heterocycles. The number of nitrogens with zero attached hydrogens (tertiary/aromatic N) is 1. The quantitative estimate of drug-likeness (QED) is 0.711. The molecule has 1 rings (SSSR count). The molecule has 1 radical (unpaired) electrons. The van der Waals surface area contributed by atoms with Gasteiger partial charge in [0.25, 0.3) is 0 Å². The van der Waals surface area contributed by atoms with Crippen molar-refractivity contribution in [3.8, 4) is 0 Å². The first kappa shape index (κ1) is 9.32. The van der Waals surface area contributed by atoms with E-state index in [9.17, 15) is 4.79 Å². The number of hydrogen-bond donors (Lipinski definition) is 1. The van der Waals surface area contributed by atoms with Crippen LogP contribution in [-0.2, 0) is 0 Å². The minimum absolute atomic E-state index is 0.226. The van der Waals surface area contributed by atoms with E-state index in [4.69, 9.17) is 5.11 Å². The molecule has 0 aliphatic carbocycles. The van der Waals surface area contributed by atoms with Crippen LogP contribution in [-0.4, -0.2) is 17.6 Å². The number of aromatic carboxylic acids is 1. The lowest BCUT2D eigenvalue weighted by molar-refractivity contribution is 0.0697. The summed E-state index contributed by atoms with van der Waals surface area (Å²) in [4.78, 5) is 10.7. The minimum atomic E-state index is -0.955. The maximum absolute atomic E-state index is 10.7. The third-order valence-electron chi connectivity index (χ3n) is 1.53. The van der Waals surface area contributed by atoms with Gasteiger partial charge < -0.3 is 5.11 Å². The lowest BCUT2D eigenvalue weighted by Crippen LogP contribution is -2.04. The smallest absolute Gasteiger partial charge is 0.337 e. The van der Waals surface area contributed by atoms with E-state index >= 15 is 0 Å². The second kappa shape index (κ2) is 4.30. The first-order chi connectivity index (χ1) is 6.25. The number of carbonyl (C=O) groups is 1. The van der Waals surface area contributed by atoms with Crippen molar-refractivity contribution in [2.75, 3.05) is 6.54 Å². The van der Waals surface area contributed by atoms with Gasteiger partial charge in [-0.25, -0.2) is 4.79 Å². The van der Waals surface area contributed by atoms with Gasteiger partial charge in [-0.15, -0.1) is 6.58 Å². The average molecular weight is 176 g/mol. The monoisotopic (exact) mass is 176 g/mol. The molecule has 0 atom stereocenters. The fraction of sp³-hybridized carbons (Fsp3) is 0.100. The molecule has 0 spiro atoms. The van der Waals surface area contributed by atoms with Crippen LogP contribution in [0.4, 0.5) is 5.69 Å². The molecule has 3 heteroatoms. The van der Waals surface area contributed by atoms with Gasteiger partial charge in [0.05, 0.1) is 17.8 Å². The van der Waals surface area contributed by atoms with Gasteiger partial charge in [-0.3, -0.25) is 5.32 Å². The summed E-state index contributed by atoms with van der Waals surface area (Å²) in [7, 11) is 0. The van der Waals surface area contributed by atoms with E-state index in [2.05, 4.69) is 11.9 Å². The van der Waals surface area contributed by atoms with Crippen molar-refractivity contribution < 1.29 is 9.90 Å². The molecular weight excluding hydrogens is 166 g/mol. The molecule has 13 heavy (non-hydrogen) atoms. The summed E-state index contributed by atoms with van der Waals surface area (Å²) in [6, 6.07) is 6.64. The van der Waals surface area contributed by atoms with Crippen molar-refractivity contribution in [2.24, 2.45) is 0 Å². The van der Waals surface area contributed by atoms with E-state index in [1.807, 2.05) is 0 Å². The molecule has 1 aromatic carbocycles. The molecule has 0 amide bonds. The van der Waals surface area contributed by atoms with Gasteiger partial charge in [0, 0.05) is 0 Å². The van der Waals surface area contributed by atoms with Gasteiger partial charge in [-0.2, -0.15) is 0 Å². The summed E-state index contributed by atoms with van der Waals surface area (Å²) in [6.07, 6.45) is 1.62. The number of carboxylic acid groups (broad SMARTS) is 1. The Morgan fingerprint density at radius 2 is 2.23 bits per heavy atom. The fourth-order valence-electron chi connectivity index (χ4n) is 0.955. The predicted octanol–water partition coefficient (Wildman–Crippen LogP) is 1.81. The summed E-state index contributed by atoms with van der Waals surface area (Å²) in [5.74, 6) is -0.955. The zero-order chi connectivity index (χ0) is 9.68. The minimum Gasteiger partial charge on any atom is -0.478 e. The SMILES string of the molecule is C=CC[N]c1ccccc1C(=O)O. The van der Waals surface area contributed by atoms with Gasteiger partial charge in [0.2, 0.25) is 0 Å². The molecule has 0 saturated carbocycles. The van der Waals surface area contributed by atoms with Gasteiger partial charge in [0.1, 0.15) is 0 Å². The molecule has 1 aromatic rings. The van der Waals surface area contributed by atoms with E-state index in [0.29, 0.717) is 12.2 Å². The molecule has 1 N–H and O–H groups in total. The van der Waals surface area contributed by atoms with Crippen molar-refractivity contribution in [2.45, 2.75) is 0 Å². The summed E-state index contributed by atoms with van der Waals surface area (Å²) >= 11 is 0. The largest absolute Gasteiger partial charge is 0.478 e. The first-order valence-corrected chi connectivity index (χ1v) is 3.86. The van der Waals surface area contributed by atoms with Crippen LogP contribution in [0.2, 0.25) is 0 Å². The average Bonchev–Trinajstić information content (AvgIpc) is 2.15. The number of benzene rings is 1. The van der Waals surface area contributed by atoms with E-state index in [1.165, 1.54) is 6.07 Å². The number of hydrogen-bond acceptors (Lipinski definition) is 1. The van der Waals surface area contributed by atoms with E-state index in [1.54, 1.807) is 24.3 Å². The van der Waals surface area contributed by atoms with Crippen LogP contribution in [0.25, 0.3) is 0 Å². The molecule has 0 aliphatic rings. The lowest BCUT2D eigenvalue weighted by Gasteiger charge is -2.03. The third-order valence-corrected chi connectivity index (χ3v) is 1.53. The third kappa shape index (κ3) is 2.33. The highest BCUT2D eigenvalue weighted by molar-refractivity contribution is 5.93. The Kier molecular flexibility index (Phi) is 3.09. The lowest BCUT2D eigenvalue weighted by atomic mass is 10.2. The molecule has 0 fully saturated rings. The maximum atomic E-state index is 10.7. The predicted molar refractivity (Wildman–Crippen MR) is 50.3 cm³/mol. The second-order valence-electron chi connectivity index (χ2n) is 2.45. The zero-order valence-corrected chi connectivity index (χ0v) is 7.10. The van der Waals surface area contributed by atoms with Crippen molar-refractivity contribution in [3.05, 3.63) is 42.5 Å². The Hall–Kier alpha value is -1.77. The first-order valence-electron chi connectivity index (χ1n) is 3.86. The molecule has 0 saturated heterocycles. The summed E-state index contributed by atoms with van der Waals surface area (Å²) in [5, 5.41) is 12.8. The molecule has 0 aliphatic heterocycles. The molecule has 67 valence electrons. The molecular formula is C10H10NO2. The molecule has 0 unspecified atom stereocenters. The van der Waals surface area contributed by atoms with E-state index in [-0.39, 0.29) is 5.56 Å². The Morgan fingerprint density at radius 3 is 2.85 bits per heavy atom. The maximum Gasteiger partial charge on any atom is 0.337 e. The Morgan fingerprint density at radius 1 is 1.54 bits per heavy atom. The number of carboxylic acids is 1. The van der Waals surface area contributed by atoms with Crippen LogP contribution in [0.5, 0.6) is 0 Å². The van der Waals surface area contributed by atoms with Gasteiger partial charge in [-0.1, -0.05) is 18.2 Å². The molecule has 0 heterocycles. The Balaban J connectivity index is 2.90. The highest BCUT2D eigenvalue weighted by Gasteiger charge is 2.07. The van der Waals surface area contributed by atoms with Crippen LogP contribution < -0.4 is 5.32 Å². The van der Waals surface area contributed by atoms with Crippen molar-refractivity contribution in [1.82, 2.24) is 5.32 Å². The van der Waals surface area contributed by atoms with Crippen molar-refractivity contribution >= 4 is 11.7 Å². The van der Waals surface area contributed by atoms with Gasteiger partial charge >= 0.3 is 5.97 Å². The molecule has 0 bridgehead atoms. The summed E-state index contributed by atoms with van der Waals surface area (Å²) < 4.78 is 0. The van der Waals surface area contributed by atoms with Crippen LogP contribution >= 0.6 is 0 Å². The highest BCUT2D eigenvalue weighted by atomic mass is 16.4. The van der Waals surface area contributed by atoms with Gasteiger partial charge in [-0.05, 0) is 12.1 Å². The second-order valence-corrected chi connectivity index (χ2v) is 2.45. The zero-order valence-electron chi connectivity index (χ0n) is 7.10. The van der Waals surface area contributed by atoms with Crippen LogP contribution in [0.15, 0.2) is 36.9 Å². The summed E-state index contributed by atoms with van der Waals surface area (Å²) in [5.41, 5.74) is 0.722. The van der Waals surface area contributed by atoms with Crippen molar-refractivity contribution in [3.63, 3.8) is 0 Å². The van der Waals surface area contributed by atoms with Crippen LogP contribution in [0.3, 0.4) is 0 Å². The molecule has 3 nitrogen and oxygen atoms in total. The van der Waals surface area contributed by atoms with Crippen molar-refractivity contribution in [1.29, 1.82) is 0 Å². The standard InChI is InChI=1S/C10H10NO2/c1-2-7-11-9-6-4-3-5-8(9)10(12)13/h2-6H,1,7H2,(H,12,13). The van der Waals surface area contributed by atoms with E-state index in [0.717, 1.165) is 0 Å².